The molecule has 4 aromatic heterocycles. The summed E-state index contributed by atoms with van der Waals surface area (Å²) in [5.41, 5.74) is -0.194. The number of nitrogens with one attached hydrogen (secondary N) is 1. The first-order valence-corrected chi connectivity index (χ1v) is 7.06. The van der Waals surface area contributed by atoms with Gasteiger partial charge in [0.15, 0.2) is 16.6 Å². The predicted molar refractivity (Wildman–Crippen MR) is 77.0 cm³/mol. The first-order chi connectivity index (χ1) is 10.8. The molecule has 0 bridgehead atoms. The summed E-state index contributed by atoms with van der Waals surface area (Å²) < 4.78 is 10.6. The van der Waals surface area contributed by atoms with Gasteiger partial charge in [0.25, 0.3) is 17.3 Å². The van der Waals surface area contributed by atoms with Gasteiger partial charge >= 0.3 is 0 Å². The molecule has 0 spiro atoms. The van der Waals surface area contributed by atoms with Gasteiger partial charge in [0.05, 0.1) is 6.26 Å². The van der Waals surface area contributed by atoms with Gasteiger partial charge in [-0.2, -0.15) is 0 Å². The Morgan fingerprint density at radius 2 is 2.09 bits per heavy atom. The summed E-state index contributed by atoms with van der Waals surface area (Å²) in [7, 11) is 0. The summed E-state index contributed by atoms with van der Waals surface area (Å²) in [5, 5.41) is 10.1. The van der Waals surface area contributed by atoms with Crippen molar-refractivity contribution in [3.05, 3.63) is 46.5 Å². The molecule has 8 nitrogen and oxygen atoms in total. The number of thiazole rings is 1. The molecular weight excluding hydrogens is 306 g/mol. The van der Waals surface area contributed by atoms with Gasteiger partial charge in [-0.1, -0.05) is 0 Å². The van der Waals surface area contributed by atoms with Crippen molar-refractivity contribution in [1.82, 2.24) is 25.1 Å². The monoisotopic (exact) mass is 313 g/mol. The van der Waals surface area contributed by atoms with E-state index in [0.29, 0.717) is 16.6 Å². The van der Waals surface area contributed by atoms with Gasteiger partial charge < -0.3 is 13.8 Å². The molecule has 4 rings (SSSR count). The summed E-state index contributed by atoms with van der Waals surface area (Å²) in [6, 6.07) is 3.39. The van der Waals surface area contributed by atoms with Crippen LogP contribution in [0.2, 0.25) is 0 Å². The van der Waals surface area contributed by atoms with Crippen LogP contribution in [0.1, 0.15) is 0 Å². The fourth-order valence-corrected chi connectivity index (χ4v) is 2.42. The predicted octanol–water partition coefficient (Wildman–Crippen LogP) is 2.20. The standard InChI is InChI=1S/C13H7N5O3S/c19-10-7(6-15-9(16-10)13-14-3-5-22-13)11-17-18-12(21-11)8-2-1-4-20-8/h1-6H,(H,15,16,19). The number of rotatable bonds is 3. The van der Waals surface area contributed by atoms with Crippen LogP contribution in [-0.2, 0) is 0 Å². The summed E-state index contributed by atoms with van der Waals surface area (Å²) in [6.07, 6.45) is 4.52. The lowest BCUT2D eigenvalue weighted by atomic mass is 10.3. The van der Waals surface area contributed by atoms with E-state index < -0.39 is 0 Å². The number of H-pyrrole nitrogens is 1. The van der Waals surface area contributed by atoms with Gasteiger partial charge in [0.1, 0.15) is 5.56 Å². The quantitative estimate of drug-likeness (QED) is 0.617. The summed E-state index contributed by atoms with van der Waals surface area (Å²) in [6.45, 7) is 0. The van der Waals surface area contributed by atoms with Gasteiger partial charge in [-0.05, 0) is 12.1 Å². The Hall–Kier alpha value is -3.07. The normalized spacial score (nSPS) is 10.9. The topological polar surface area (TPSA) is 111 Å². The number of hydrogen-bond acceptors (Lipinski definition) is 8. The molecule has 0 fully saturated rings. The van der Waals surface area contributed by atoms with E-state index in [4.69, 9.17) is 8.83 Å². The van der Waals surface area contributed by atoms with Gasteiger partial charge in [-0.15, -0.1) is 21.5 Å². The van der Waals surface area contributed by atoms with E-state index in [0.717, 1.165) is 0 Å². The van der Waals surface area contributed by atoms with Crippen molar-refractivity contribution >= 4 is 11.3 Å². The third-order valence-corrected chi connectivity index (χ3v) is 3.60. The fraction of sp³-hybridized carbons (Fsp3) is 0. The maximum absolute atomic E-state index is 12.2. The highest BCUT2D eigenvalue weighted by molar-refractivity contribution is 7.12. The van der Waals surface area contributed by atoms with Crippen molar-refractivity contribution in [1.29, 1.82) is 0 Å². The zero-order valence-corrected chi connectivity index (χ0v) is 11.7. The molecule has 0 saturated heterocycles. The van der Waals surface area contributed by atoms with Crippen molar-refractivity contribution in [2.75, 3.05) is 0 Å². The molecule has 0 amide bonds. The Morgan fingerprint density at radius 1 is 1.18 bits per heavy atom. The van der Waals surface area contributed by atoms with Crippen LogP contribution in [0.3, 0.4) is 0 Å². The van der Waals surface area contributed by atoms with E-state index >= 15 is 0 Å². The average molecular weight is 313 g/mol. The molecule has 0 unspecified atom stereocenters. The maximum Gasteiger partial charge on any atom is 0.283 e. The molecule has 0 aliphatic rings. The van der Waals surface area contributed by atoms with E-state index in [1.807, 2.05) is 0 Å². The molecule has 1 N–H and O–H groups in total. The number of aromatic amines is 1. The number of hydrogen-bond donors (Lipinski definition) is 1. The van der Waals surface area contributed by atoms with Crippen LogP contribution in [0, 0.1) is 0 Å². The molecular formula is C13H7N5O3S. The zero-order chi connectivity index (χ0) is 14.9. The molecule has 0 aliphatic heterocycles. The number of aromatic nitrogens is 5. The van der Waals surface area contributed by atoms with Crippen LogP contribution in [0.4, 0.5) is 0 Å². The van der Waals surface area contributed by atoms with E-state index in [1.165, 1.54) is 23.8 Å². The van der Waals surface area contributed by atoms with E-state index in [-0.39, 0.29) is 22.9 Å². The van der Waals surface area contributed by atoms with Crippen molar-refractivity contribution in [2.24, 2.45) is 0 Å². The highest BCUT2D eigenvalue weighted by atomic mass is 32.1. The van der Waals surface area contributed by atoms with Gasteiger partial charge in [-0.25, -0.2) is 9.97 Å². The molecule has 9 heteroatoms. The minimum Gasteiger partial charge on any atom is -0.459 e. The Labute approximate surface area is 126 Å². The molecule has 0 aromatic carbocycles. The Morgan fingerprint density at radius 3 is 2.82 bits per heavy atom. The van der Waals surface area contributed by atoms with Crippen LogP contribution < -0.4 is 5.56 Å². The van der Waals surface area contributed by atoms with Crippen LogP contribution in [0.5, 0.6) is 0 Å². The third-order valence-electron chi connectivity index (χ3n) is 2.82. The van der Waals surface area contributed by atoms with Crippen molar-refractivity contribution in [3.63, 3.8) is 0 Å². The SMILES string of the molecule is O=c1[nH]c(-c2nccs2)ncc1-c1nnc(-c2ccco2)o1. The summed E-state index contributed by atoms with van der Waals surface area (Å²) in [5.74, 6) is 1.10. The van der Waals surface area contributed by atoms with Crippen LogP contribution in [-0.4, -0.2) is 25.1 Å². The molecule has 0 radical (unpaired) electrons. The molecule has 4 heterocycles. The number of furan rings is 1. The largest absolute Gasteiger partial charge is 0.459 e. The highest BCUT2D eigenvalue weighted by Gasteiger charge is 2.16. The lowest BCUT2D eigenvalue weighted by Gasteiger charge is -1.97. The lowest BCUT2D eigenvalue weighted by Crippen LogP contribution is -2.11. The molecule has 0 atom stereocenters. The Bertz CT molecular complexity index is 956. The fourth-order valence-electron chi connectivity index (χ4n) is 1.83. The van der Waals surface area contributed by atoms with Crippen LogP contribution in [0.15, 0.2) is 49.8 Å². The van der Waals surface area contributed by atoms with Crippen molar-refractivity contribution in [2.45, 2.75) is 0 Å². The van der Waals surface area contributed by atoms with E-state index in [9.17, 15) is 4.79 Å². The van der Waals surface area contributed by atoms with Gasteiger partial charge in [0, 0.05) is 17.8 Å². The lowest BCUT2D eigenvalue weighted by molar-refractivity contribution is 0.523. The highest BCUT2D eigenvalue weighted by Crippen LogP contribution is 2.22. The summed E-state index contributed by atoms with van der Waals surface area (Å²) >= 11 is 1.38. The Kier molecular flexibility index (Phi) is 2.90. The summed E-state index contributed by atoms with van der Waals surface area (Å²) in [4.78, 5) is 23.1. The van der Waals surface area contributed by atoms with E-state index in [2.05, 4.69) is 25.1 Å². The maximum atomic E-state index is 12.2. The van der Waals surface area contributed by atoms with Crippen LogP contribution in [0.25, 0.3) is 33.9 Å². The van der Waals surface area contributed by atoms with Crippen LogP contribution >= 0.6 is 11.3 Å². The minimum atomic E-state index is -0.380. The van der Waals surface area contributed by atoms with E-state index in [1.54, 1.807) is 23.7 Å². The first kappa shape index (κ1) is 12.7. The molecule has 0 aliphatic carbocycles. The molecule has 0 saturated carbocycles. The van der Waals surface area contributed by atoms with Gasteiger partial charge in [0.2, 0.25) is 0 Å². The Balaban J connectivity index is 1.73. The second-order valence-corrected chi connectivity index (χ2v) is 5.10. The first-order valence-electron chi connectivity index (χ1n) is 6.18. The van der Waals surface area contributed by atoms with Crippen molar-refractivity contribution in [3.8, 4) is 33.9 Å². The third kappa shape index (κ3) is 2.13. The molecule has 108 valence electrons. The van der Waals surface area contributed by atoms with Gasteiger partial charge in [-0.3, -0.25) is 4.79 Å². The number of nitrogens with zero attached hydrogens (tertiary/aromatic N) is 4. The van der Waals surface area contributed by atoms with Crippen molar-refractivity contribution < 1.29 is 8.83 Å². The smallest absolute Gasteiger partial charge is 0.283 e. The molecule has 22 heavy (non-hydrogen) atoms. The minimum absolute atomic E-state index is 0.0749. The zero-order valence-electron chi connectivity index (χ0n) is 10.9. The second kappa shape index (κ2) is 5.04. The average Bonchev–Trinajstić information content (AvgIpc) is 3.28. The molecule has 4 aromatic rings. The second-order valence-electron chi connectivity index (χ2n) is 4.20.